The molecule has 2 aromatic rings. The summed E-state index contributed by atoms with van der Waals surface area (Å²) < 4.78 is 10.6. The molecular weight excluding hydrogens is 362 g/mol. The van der Waals surface area contributed by atoms with Gasteiger partial charge >= 0.3 is 11.8 Å². The predicted octanol–water partition coefficient (Wildman–Crippen LogP) is 2.10. The number of methoxy groups -OCH3 is 2. The maximum atomic E-state index is 12.1. The van der Waals surface area contributed by atoms with Crippen LogP contribution in [0.2, 0.25) is 0 Å². The van der Waals surface area contributed by atoms with Crippen LogP contribution in [0.25, 0.3) is 0 Å². The quantitative estimate of drug-likeness (QED) is 0.633. The number of rotatable bonds is 7. The minimum absolute atomic E-state index is 0.122. The lowest BCUT2D eigenvalue weighted by Gasteiger charge is -2.17. The van der Waals surface area contributed by atoms with Gasteiger partial charge in [-0.15, -0.1) is 0 Å². The van der Waals surface area contributed by atoms with Gasteiger partial charge in [-0.2, -0.15) is 0 Å². The van der Waals surface area contributed by atoms with Crippen LogP contribution in [-0.2, 0) is 19.1 Å². The smallest absolute Gasteiger partial charge is 0.313 e. The summed E-state index contributed by atoms with van der Waals surface area (Å²) >= 11 is 0. The Balaban J connectivity index is 1.90. The average molecular weight is 385 g/mol. The van der Waals surface area contributed by atoms with Gasteiger partial charge in [-0.3, -0.25) is 14.4 Å². The van der Waals surface area contributed by atoms with E-state index >= 15 is 0 Å². The molecule has 28 heavy (non-hydrogen) atoms. The summed E-state index contributed by atoms with van der Waals surface area (Å²) in [5.74, 6) is -1.10. The first-order chi connectivity index (χ1) is 13.4. The Morgan fingerprint density at radius 1 is 0.929 bits per heavy atom. The molecule has 1 atom stereocenters. The zero-order chi connectivity index (χ0) is 20.5. The lowest BCUT2D eigenvalue weighted by Crippen LogP contribution is -2.38. The largest absolute Gasteiger partial charge is 0.497 e. The molecule has 0 aromatic heterocycles. The summed E-state index contributed by atoms with van der Waals surface area (Å²) in [6.07, 6.45) is -0.427. The van der Waals surface area contributed by atoms with Crippen molar-refractivity contribution < 1.29 is 23.9 Å². The molecule has 0 bridgehead atoms. The zero-order valence-electron chi connectivity index (χ0n) is 15.9. The number of carbonyl (C=O) groups is 3. The molecule has 148 valence electrons. The van der Waals surface area contributed by atoms with E-state index in [0.717, 1.165) is 5.56 Å². The number of benzene rings is 2. The van der Waals surface area contributed by atoms with Crippen molar-refractivity contribution in [1.82, 2.24) is 5.32 Å². The molecule has 3 N–H and O–H groups in total. The van der Waals surface area contributed by atoms with Crippen molar-refractivity contribution in [1.29, 1.82) is 0 Å². The highest BCUT2D eigenvalue weighted by molar-refractivity contribution is 6.39. The second kappa shape index (κ2) is 10.1. The van der Waals surface area contributed by atoms with Crippen LogP contribution >= 0.6 is 0 Å². The lowest BCUT2D eigenvalue weighted by atomic mass is 10.1. The van der Waals surface area contributed by atoms with Crippen molar-refractivity contribution in [2.24, 2.45) is 0 Å². The van der Waals surface area contributed by atoms with E-state index in [1.165, 1.54) is 14.0 Å². The minimum Gasteiger partial charge on any atom is -0.497 e. The molecule has 3 amide bonds. The van der Waals surface area contributed by atoms with Gasteiger partial charge < -0.3 is 25.4 Å². The zero-order valence-corrected chi connectivity index (χ0v) is 15.9. The molecule has 8 nitrogen and oxygen atoms in total. The number of nitrogens with one attached hydrogen (secondary N) is 3. The van der Waals surface area contributed by atoms with Crippen LogP contribution in [0.5, 0.6) is 5.75 Å². The maximum Gasteiger partial charge on any atom is 0.313 e. The minimum atomic E-state index is -0.798. The molecular formula is C20H23N3O5. The number of carbonyl (C=O) groups excluding carboxylic acids is 3. The van der Waals surface area contributed by atoms with Gasteiger partial charge in [0.1, 0.15) is 5.75 Å². The first-order valence-corrected chi connectivity index (χ1v) is 8.56. The normalized spacial score (nSPS) is 11.2. The SMILES string of the molecule is COc1cccc(C(CNC(=O)C(=O)Nc2ccc(NC(C)=O)cc2)OC)c1. The monoisotopic (exact) mass is 385 g/mol. The topological polar surface area (TPSA) is 106 Å². The first-order valence-electron chi connectivity index (χ1n) is 8.56. The Bertz CT molecular complexity index is 836. The Morgan fingerprint density at radius 2 is 1.57 bits per heavy atom. The van der Waals surface area contributed by atoms with Gasteiger partial charge in [-0.1, -0.05) is 12.1 Å². The van der Waals surface area contributed by atoms with Crippen LogP contribution in [0.1, 0.15) is 18.6 Å². The van der Waals surface area contributed by atoms with E-state index in [4.69, 9.17) is 9.47 Å². The van der Waals surface area contributed by atoms with E-state index in [1.54, 1.807) is 43.5 Å². The fraction of sp³-hybridized carbons (Fsp3) is 0.250. The third kappa shape index (κ3) is 6.10. The number of hydrogen-bond acceptors (Lipinski definition) is 5. The molecule has 0 fully saturated rings. The van der Waals surface area contributed by atoms with Crippen LogP contribution < -0.4 is 20.7 Å². The van der Waals surface area contributed by atoms with E-state index < -0.39 is 17.9 Å². The molecule has 0 aliphatic heterocycles. The van der Waals surface area contributed by atoms with Gasteiger partial charge in [0.05, 0.1) is 13.2 Å². The van der Waals surface area contributed by atoms with Gasteiger partial charge in [0.2, 0.25) is 5.91 Å². The third-order valence-corrected chi connectivity index (χ3v) is 3.87. The lowest BCUT2D eigenvalue weighted by molar-refractivity contribution is -0.136. The van der Waals surface area contributed by atoms with Crippen LogP contribution in [0, 0.1) is 0 Å². The molecule has 0 radical (unpaired) electrons. The molecule has 0 saturated carbocycles. The van der Waals surface area contributed by atoms with Crippen molar-refractivity contribution in [3.05, 3.63) is 54.1 Å². The van der Waals surface area contributed by atoms with Gasteiger partial charge in [0.15, 0.2) is 0 Å². The molecule has 1 unspecified atom stereocenters. The predicted molar refractivity (Wildman–Crippen MR) is 105 cm³/mol. The highest BCUT2D eigenvalue weighted by atomic mass is 16.5. The molecule has 0 heterocycles. The van der Waals surface area contributed by atoms with E-state index in [1.807, 2.05) is 12.1 Å². The molecule has 0 aliphatic rings. The summed E-state index contributed by atoms with van der Waals surface area (Å²) in [6.45, 7) is 1.52. The Hall–Kier alpha value is -3.39. The summed E-state index contributed by atoms with van der Waals surface area (Å²) in [4.78, 5) is 35.1. The van der Waals surface area contributed by atoms with Crippen molar-refractivity contribution in [3.8, 4) is 5.75 Å². The van der Waals surface area contributed by atoms with Gasteiger partial charge in [0, 0.05) is 32.0 Å². The molecule has 8 heteroatoms. The summed E-state index contributed by atoms with van der Waals surface area (Å²) in [5, 5.41) is 7.67. The fourth-order valence-corrected chi connectivity index (χ4v) is 2.47. The van der Waals surface area contributed by atoms with E-state index in [2.05, 4.69) is 16.0 Å². The fourth-order valence-electron chi connectivity index (χ4n) is 2.47. The highest BCUT2D eigenvalue weighted by Gasteiger charge is 2.17. The van der Waals surface area contributed by atoms with Gasteiger partial charge in [-0.05, 0) is 42.0 Å². The van der Waals surface area contributed by atoms with Crippen LogP contribution in [0.15, 0.2) is 48.5 Å². The second-order valence-corrected chi connectivity index (χ2v) is 5.92. The molecule has 0 spiro atoms. The van der Waals surface area contributed by atoms with E-state index in [9.17, 15) is 14.4 Å². The van der Waals surface area contributed by atoms with Crippen molar-refractivity contribution >= 4 is 29.1 Å². The molecule has 0 saturated heterocycles. The van der Waals surface area contributed by atoms with Crippen molar-refractivity contribution in [2.45, 2.75) is 13.0 Å². The molecule has 2 rings (SSSR count). The van der Waals surface area contributed by atoms with Crippen LogP contribution in [0.3, 0.4) is 0 Å². The number of anilines is 2. The van der Waals surface area contributed by atoms with Crippen LogP contribution in [0.4, 0.5) is 11.4 Å². The third-order valence-electron chi connectivity index (χ3n) is 3.87. The van der Waals surface area contributed by atoms with Gasteiger partial charge in [-0.25, -0.2) is 0 Å². The highest BCUT2D eigenvalue weighted by Crippen LogP contribution is 2.21. The maximum absolute atomic E-state index is 12.1. The Morgan fingerprint density at radius 3 is 2.14 bits per heavy atom. The molecule has 2 aromatic carbocycles. The molecule has 0 aliphatic carbocycles. The Kier molecular flexibility index (Phi) is 7.53. The van der Waals surface area contributed by atoms with Crippen molar-refractivity contribution in [3.63, 3.8) is 0 Å². The average Bonchev–Trinajstić information content (AvgIpc) is 2.69. The number of ether oxygens (including phenoxy) is 2. The van der Waals surface area contributed by atoms with Crippen molar-refractivity contribution in [2.75, 3.05) is 31.4 Å². The van der Waals surface area contributed by atoms with Crippen LogP contribution in [-0.4, -0.2) is 38.5 Å². The second-order valence-electron chi connectivity index (χ2n) is 5.92. The van der Waals surface area contributed by atoms with E-state index in [0.29, 0.717) is 17.1 Å². The Labute approximate surface area is 163 Å². The van der Waals surface area contributed by atoms with E-state index in [-0.39, 0.29) is 12.5 Å². The number of hydrogen-bond donors (Lipinski definition) is 3. The number of amides is 3. The summed E-state index contributed by atoms with van der Waals surface area (Å²) in [7, 11) is 3.09. The summed E-state index contributed by atoms with van der Waals surface area (Å²) in [6, 6.07) is 13.7. The van der Waals surface area contributed by atoms with Gasteiger partial charge in [0.25, 0.3) is 0 Å². The first kappa shape index (κ1) is 20.9. The summed E-state index contributed by atoms with van der Waals surface area (Å²) in [5.41, 5.74) is 1.85. The standard InChI is InChI=1S/C20H23N3O5/c1-13(24)22-15-7-9-16(10-8-15)23-20(26)19(25)21-12-18(28-3)14-5-4-6-17(11-14)27-2/h4-11,18H,12H2,1-3H3,(H,21,25)(H,22,24)(H,23,26).